The maximum absolute atomic E-state index is 13.6. The van der Waals surface area contributed by atoms with Crippen molar-refractivity contribution >= 4 is 40.8 Å². The third-order valence-corrected chi connectivity index (χ3v) is 6.68. The molecule has 2 aromatic rings. The van der Waals surface area contributed by atoms with Gasteiger partial charge in [0, 0.05) is 29.2 Å². The molecular formula is C23H24Cl2N2O4. The van der Waals surface area contributed by atoms with Crippen molar-refractivity contribution < 1.29 is 19.4 Å². The summed E-state index contributed by atoms with van der Waals surface area (Å²) in [6.45, 7) is 2.97. The van der Waals surface area contributed by atoms with Gasteiger partial charge in [0.1, 0.15) is 0 Å². The van der Waals surface area contributed by atoms with Crippen LogP contribution in [0.5, 0.6) is 0 Å². The van der Waals surface area contributed by atoms with Gasteiger partial charge in [0.15, 0.2) is 5.60 Å². The summed E-state index contributed by atoms with van der Waals surface area (Å²) in [5.74, 6) is -1.10. The topological polar surface area (TPSA) is 70.1 Å². The number of fused-ring (bicyclic) bond motifs is 1. The molecule has 1 unspecified atom stereocenters. The van der Waals surface area contributed by atoms with Crippen molar-refractivity contribution in [1.82, 2.24) is 4.90 Å². The van der Waals surface area contributed by atoms with Gasteiger partial charge < -0.3 is 19.6 Å². The number of piperidine rings is 1. The van der Waals surface area contributed by atoms with Crippen LogP contribution in [0.15, 0.2) is 36.4 Å². The van der Waals surface area contributed by atoms with Gasteiger partial charge in [0.05, 0.1) is 23.4 Å². The van der Waals surface area contributed by atoms with Crippen molar-refractivity contribution in [3.05, 3.63) is 63.1 Å². The highest BCUT2D eigenvalue weighted by Gasteiger charge is 2.53. The Morgan fingerprint density at radius 2 is 1.81 bits per heavy atom. The minimum atomic E-state index is -2.04. The van der Waals surface area contributed by atoms with Gasteiger partial charge in [-0.1, -0.05) is 47.8 Å². The molecular weight excluding hydrogens is 439 g/mol. The number of rotatable bonds is 5. The molecule has 1 N–H and O–H groups in total. The van der Waals surface area contributed by atoms with E-state index < -0.39 is 17.5 Å². The van der Waals surface area contributed by atoms with Crippen LogP contribution in [0.3, 0.4) is 0 Å². The number of methoxy groups -OCH3 is 1. The van der Waals surface area contributed by atoms with Gasteiger partial charge in [-0.15, -0.1) is 0 Å². The second-order valence-electron chi connectivity index (χ2n) is 7.89. The van der Waals surface area contributed by atoms with Gasteiger partial charge in [0.2, 0.25) is 0 Å². The predicted octanol–water partition coefficient (Wildman–Crippen LogP) is 3.85. The van der Waals surface area contributed by atoms with Crippen LogP contribution < -0.4 is 4.90 Å². The third kappa shape index (κ3) is 3.82. The number of benzene rings is 2. The van der Waals surface area contributed by atoms with E-state index in [4.69, 9.17) is 27.9 Å². The molecule has 4 rings (SSSR count). The van der Waals surface area contributed by atoms with Gasteiger partial charge in [-0.3, -0.25) is 4.79 Å². The molecule has 1 atom stereocenters. The lowest BCUT2D eigenvalue weighted by Crippen LogP contribution is -2.45. The number of hydrogen-bond acceptors (Lipinski definition) is 5. The first-order valence-corrected chi connectivity index (χ1v) is 11.1. The zero-order valence-corrected chi connectivity index (χ0v) is 18.7. The van der Waals surface area contributed by atoms with Gasteiger partial charge in [0.25, 0.3) is 5.91 Å². The molecule has 1 saturated heterocycles. The highest BCUT2D eigenvalue weighted by Crippen LogP contribution is 2.49. The average molecular weight is 463 g/mol. The quantitative estimate of drug-likeness (QED) is 0.683. The first kappa shape index (κ1) is 22.1. The molecule has 1 amide bonds. The van der Waals surface area contributed by atoms with Gasteiger partial charge in [-0.2, -0.15) is 0 Å². The van der Waals surface area contributed by atoms with E-state index in [1.54, 1.807) is 30.3 Å². The Hall–Kier alpha value is -2.12. The van der Waals surface area contributed by atoms with E-state index in [0.717, 1.165) is 25.9 Å². The summed E-state index contributed by atoms with van der Waals surface area (Å²) >= 11 is 12.9. The van der Waals surface area contributed by atoms with Crippen LogP contribution in [0.4, 0.5) is 5.69 Å². The molecule has 164 valence electrons. The number of aliphatic hydroxyl groups is 1. The molecule has 0 radical (unpaired) electrons. The molecule has 0 saturated carbocycles. The molecule has 31 heavy (non-hydrogen) atoms. The number of likely N-dealkylation sites (tertiary alicyclic amines) is 1. The molecule has 2 aliphatic heterocycles. The standard InChI is InChI=1S/C23H24Cl2N2O4/c1-31-21(28)15-13-18(25)20-19(14-15)27(12-11-26-9-5-2-6-10-26)22(29)23(20,30)16-7-3-4-8-17(16)24/h3-4,7-8,13-14,30H,2,5-6,9-12H2,1H3. The Kier molecular flexibility index (Phi) is 6.26. The fourth-order valence-electron chi connectivity index (χ4n) is 4.46. The monoisotopic (exact) mass is 462 g/mol. The molecule has 6 nitrogen and oxygen atoms in total. The van der Waals surface area contributed by atoms with Crippen LogP contribution in [0.1, 0.15) is 40.7 Å². The molecule has 0 aliphatic carbocycles. The fraction of sp³-hybridized carbons (Fsp3) is 0.391. The number of hydrogen-bond donors (Lipinski definition) is 1. The summed E-state index contributed by atoms with van der Waals surface area (Å²) in [6.07, 6.45) is 3.48. The molecule has 0 aromatic heterocycles. The molecule has 2 heterocycles. The van der Waals surface area contributed by atoms with E-state index in [1.807, 2.05) is 0 Å². The van der Waals surface area contributed by atoms with Crippen molar-refractivity contribution in [1.29, 1.82) is 0 Å². The normalized spacial score (nSPS) is 21.3. The summed E-state index contributed by atoms with van der Waals surface area (Å²) in [6, 6.07) is 9.63. The first-order chi connectivity index (χ1) is 14.9. The van der Waals surface area contributed by atoms with E-state index in [0.29, 0.717) is 18.8 Å². The van der Waals surface area contributed by atoms with Crippen molar-refractivity contribution in [3.63, 3.8) is 0 Å². The minimum absolute atomic E-state index is 0.106. The number of ether oxygens (including phenoxy) is 1. The molecule has 0 spiro atoms. The van der Waals surface area contributed by atoms with Crippen LogP contribution in [0.25, 0.3) is 0 Å². The second-order valence-corrected chi connectivity index (χ2v) is 8.71. The molecule has 8 heteroatoms. The van der Waals surface area contributed by atoms with E-state index in [1.165, 1.54) is 24.5 Å². The Morgan fingerprint density at radius 3 is 2.48 bits per heavy atom. The van der Waals surface area contributed by atoms with Crippen molar-refractivity contribution in [2.24, 2.45) is 0 Å². The van der Waals surface area contributed by atoms with Gasteiger partial charge in [-0.05, 0) is 44.1 Å². The van der Waals surface area contributed by atoms with Crippen molar-refractivity contribution in [2.75, 3.05) is 38.2 Å². The maximum atomic E-state index is 13.6. The van der Waals surface area contributed by atoms with E-state index in [2.05, 4.69) is 4.90 Å². The number of anilines is 1. The highest BCUT2D eigenvalue weighted by atomic mass is 35.5. The highest BCUT2D eigenvalue weighted by molar-refractivity contribution is 6.35. The van der Waals surface area contributed by atoms with Crippen LogP contribution in [-0.2, 0) is 15.1 Å². The van der Waals surface area contributed by atoms with Crippen molar-refractivity contribution in [3.8, 4) is 0 Å². The largest absolute Gasteiger partial charge is 0.465 e. The predicted molar refractivity (Wildman–Crippen MR) is 120 cm³/mol. The number of carbonyl (C=O) groups excluding carboxylic acids is 2. The van der Waals surface area contributed by atoms with E-state index >= 15 is 0 Å². The smallest absolute Gasteiger partial charge is 0.337 e. The Balaban J connectivity index is 1.81. The lowest BCUT2D eigenvalue weighted by atomic mass is 9.87. The zero-order chi connectivity index (χ0) is 22.2. The summed E-state index contributed by atoms with van der Waals surface area (Å²) in [5.41, 5.74) is -0.932. The Bertz CT molecular complexity index is 1020. The molecule has 2 aliphatic rings. The lowest BCUT2D eigenvalue weighted by molar-refractivity contribution is -0.132. The number of esters is 1. The Labute approximate surface area is 191 Å². The molecule has 2 aromatic carbocycles. The number of amides is 1. The van der Waals surface area contributed by atoms with Gasteiger partial charge in [-0.25, -0.2) is 4.79 Å². The number of halogens is 2. The molecule has 1 fully saturated rings. The van der Waals surface area contributed by atoms with Crippen LogP contribution in [0, 0.1) is 0 Å². The summed E-state index contributed by atoms with van der Waals surface area (Å²) in [4.78, 5) is 29.6. The van der Waals surface area contributed by atoms with E-state index in [9.17, 15) is 14.7 Å². The first-order valence-electron chi connectivity index (χ1n) is 10.3. The summed E-state index contributed by atoms with van der Waals surface area (Å²) in [7, 11) is 1.28. The minimum Gasteiger partial charge on any atom is -0.465 e. The third-order valence-electron chi connectivity index (χ3n) is 6.05. The fourth-order valence-corrected chi connectivity index (χ4v) is 5.09. The molecule has 0 bridgehead atoms. The summed E-state index contributed by atoms with van der Waals surface area (Å²) in [5, 5.41) is 12.1. The zero-order valence-electron chi connectivity index (χ0n) is 17.2. The number of nitrogens with zero attached hydrogens (tertiary/aromatic N) is 2. The van der Waals surface area contributed by atoms with E-state index in [-0.39, 0.29) is 26.7 Å². The average Bonchev–Trinajstić information content (AvgIpc) is 3.00. The summed E-state index contributed by atoms with van der Waals surface area (Å²) < 4.78 is 4.83. The van der Waals surface area contributed by atoms with Crippen LogP contribution in [0.2, 0.25) is 10.0 Å². The lowest BCUT2D eigenvalue weighted by Gasteiger charge is -2.29. The van der Waals surface area contributed by atoms with Crippen LogP contribution >= 0.6 is 23.2 Å². The van der Waals surface area contributed by atoms with Crippen molar-refractivity contribution in [2.45, 2.75) is 24.9 Å². The number of carbonyl (C=O) groups is 2. The van der Waals surface area contributed by atoms with Crippen LogP contribution in [-0.4, -0.2) is 55.2 Å². The maximum Gasteiger partial charge on any atom is 0.337 e. The SMILES string of the molecule is COC(=O)c1cc(Cl)c2c(c1)N(CCN1CCCCC1)C(=O)C2(O)c1ccccc1Cl. The van der Waals surface area contributed by atoms with Gasteiger partial charge >= 0.3 is 5.97 Å². The second kappa shape index (κ2) is 8.79. The Morgan fingerprint density at radius 1 is 1.10 bits per heavy atom.